The number of aliphatic hydroxyl groups is 2. The topological polar surface area (TPSA) is 49.7 Å². The van der Waals surface area contributed by atoms with E-state index in [9.17, 15) is 10.2 Å². The third-order valence-electron chi connectivity index (χ3n) is 3.07. The van der Waals surface area contributed by atoms with Gasteiger partial charge in [0.05, 0.1) is 0 Å². The van der Waals surface area contributed by atoms with Gasteiger partial charge < -0.3 is 14.9 Å². The molecular formula is C16H18O3. The minimum atomic E-state index is -1.44. The molecule has 0 saturated heterocycles. The number of hydrogen-bond donors (Lipinski definition) is 2. The summed E-state index contributed by atoms with van der Waals surface area (Å²) in [4.78, 5) is 0. The molecule has 2 N–H and O–H groups in total. The number of ether oxygens (including phenoxy) is 1. The Bertz CT molecular complexity index is 524. The van der Waals surface area contributed by atoms with Gasteiger partial charge in [-0.25, -0.2) is 0 Å². The fourth-order valence-corrected chi connectivity index (χ4v) is 2.17. The summed E-state index contributed by atoms with van der Waals surface area (Å²) >= 11 is 0. The van der Waals surface area contributed by atoms with E-state index >= 15 is 0 Å². The molecule has 0 fully saturated rings. The molecule has 3 nitrogen and oxygen atoms in total. The molecule has 2 rings (SSSR count). The van der Waals surface area contributed by atoms with Crippen molar-refractivity contribution < 1.29 is 14.9 Å². The van der Waals surface area contributed by atoms with Gasteiger partial charge in [0.15, 0.2) is 6.29 Å². The Morgan fingerprint density at radius 2 is 1.58 bits per heavy atom. The maximum Gasteiger partial charge on any atom is 0.178 e. The van der Waals surface area contributed by atoms with Crippen LogP contribution in [0.4, 0.5) is 0 Å². The van der Waals surface area contributed by atoms with Gasteiger partial charge in [-0.2, -0.15) is 0 Å². The summed E-state index contributed by atoms with van der Waals surface area (Å²) in [6.45, 7) is 4.19. The van der Waals surface area contributed by atoms with Crippen LogP contribution in [0.3, 0.4) is 0 Å². The maximum absolute atomic E-state index is 9.30. The average molecular weight is 258 g/mol. The zero-order valence-electron chi connectivity index (χ0n) is 11.1. The quantitative estimate of drug-likeness (QED) is 0.829. The first-order valence-corrected chi connectivity index (χ1v) is 6.22. The van der Waals surface area contributed by atoms with Crippen molar-refractivity contribution in [1.82, 2.24) is 0 Å². The number of aryl methyl sites for hydroxylation is 2. The van der Waals surface area contributed by atoms with Crippen molar-refractivity contribution in [3.8, 4) is 5.75 Å². The molecule has 0 bridgehead atoms. The molecule has 100 valence electrons. The molecule has 0 aliphatic carbocycles. The van der Waals surface area contributed by atoms with Crippen molar-refractivity contribution in [1.29, 1.82) is 0 Å². The van der Waals surface area contributed by atoms with Gasteiger partial charge in [-0.05, 0) is 42.7 Å². The molecule has 0 spiro atoms. The normalized spacial score (nSPS) is 10.8. The second-order valence-corrected chi connectivity index (χ2v) is 4.62. The minimum Gasteiger partial charge on any atom is -0.489 e. The summed E-state index contributed by atoms with van der Waals surface area (Å²) in [5.41, 5.74) is 3.28. The summed E-state index contributed by atoms with van der Waals surface area (Å²) in [6, 6.07) is 13.6. The van der Waals surface area contributed by atoms with E-state index in [0.717, 1.165) is 22.4 Å². The maximum atomic E-state index is 9.30. The smallest absolute Gasteiger partial charge is 0.178 e. The number of rotatable bonds is 4. The molecule has 0 radical (unpaired) electrons. The van der Waals surface area contributed by atoms with Gasteiger partial charge in [-0.1, -0.05) is 30.3 Å². The number of hydrogen-bond acceptors (Lipinski definition) is 3. The summed E-state index contributed by atoms with van der Waals surface area (Å²) in [7, 11) is 0. The molecule has 0 aliphatic heterocycles. The number of aliphatic hydroxyl groups excluding tert-OH is 1. The van der Waals surface area contributed by atoms with E-state index < -0.39 is 6.29 Å². The Morgan fingerprint density at radius 1 is 1.00 bits per heavy atom. The molecule has 0 aromatic heterocycles. The Hall–Kier alpha value is -1.84. The molecule has 2 aromatic carbocycles. The van der Waals surface area contributed by atoms with E-state index in [2.05, 4.69) is 0 Å². The Kier molecular flexibility index (Phi) is 4.20. The highest BCUT2D eigenvalue weighted by molar-refractivity contribution is 5.41. The van der Waals surface area contributed by atoms with Crippen LogP contribution in [0, 0.1) is 13.8 Å². The predicted octanol–water partition coefficient (Wildman–Crippen LogP) is 2.87. The van der Waals surface area contributed by atoms with Crippen molar-refractivity contribution in [3.63, 3.8) is 0 Å². The van der Waals surface area contributed by atoms with Crippen molar-refractivity contribution in [2.45, 2.75) is 26.7 Å². The average Bonchev–Trinajstić information content (AvgIpc) is 2.36. The fraction of sp³-hybridized carbons (Fsp3) is 0.250. The van der Waals surface area contributed by atoms with E-state index in [4.69, 9.17) is 4.74 Å². The third-order valence-corrected chi connectivity index (χ3v) is 3.07. The lowest BCUT2D eigenvalue weighted by Crippen LogP contribution is -2.03. The summed E-state index contributed by atoms with van der Waals surface area (Å²) < 4.78 is 5.73. The van der Waals surface area contributed by atoms with Crippen LogP contribution in [-0.4, -0.2) is 10.2 Å². The predicted molar refractivity (Wildman–Crippen MR) is 73.9 cm³/mol. The standard InChI is InChI=1S/C16H18O3/c1-11-8-14(9-12(2)15(11)16(17)18)19-10-13-6-4-3-5-7-13/h3-9,16-18H,10H2,1-2H3. The first-order valence-electron chi connectivity index (χ1n) is 6.22. The van der Waals surface area contributed by atoms with Crippen molar-refractivity contribution >= 4 is 0 Å². The van der Waals surface area contributed by atoms with Gasteiger partial charge in [-0.3, -0.25) is 0 Å². The molecule has 0 aliphatic rings. The van der Waals surface area contributed by atoms with Gasteiger partial charge in [0.1, 0.15) is 12.4 Å². The molecule has 3 heteroatoms. The van der Waals surface area contributed by atoms with E-state index in [1.54, 1.807) is 0 Å². The lowest BCUT2D eigenvalue weighted by molar-refractivity contribution is -0.0433. The molecular weight excluding hydrogens is 240 g/mol. The van der Waals surface area contributed by atoms with Gasteiger partial charge in [0, 0.05) is 5.56 Å². The van der Waals surface area contributed by atoms with Crippen molar-refractivity contribution in [2.75, 3.05) is 0 Å². The van der Waals surface area contributed by atoms with E-state index in [1.807, 2.05) is 56.3 Å². The monoisotopic (exact) mass is 258 g/mol. The van der Waals surface area contributed by atoms with Crippen LogP contribution in [0.2, 0.25) is 0 Å². The molecule has 2 aromatic rings. The van der Waals surface area contributed by atoms with Crippen LogP contribution in [-0.2, 0) is 6.61 Å². The van der Waals surface area contributed by atoms with E-state index in [-0.39, 0.29) is 0 Å². The molecule has 0 atom stereocenters. The highest BCUT2D eigenvalue weighted by Gasteiger charge is 2.11. The lowest BCUT2D eigenvalue weighted by Gasteiger charge is -2.14. The van der Waals surface area contributed by atoms with Crippen LogP contribution < -0.4 is 4.74 Å². The highest BCUT2D eigenvalue weighted by atomic mass is 16.5. The first kappa shape index (κ1) is 13.6. The Balaban J connectivity index is 2.14. The minimum absolute atomic E-state index is 0.501. The molecule has 0 unspecified atom stereocenters. The lowest BCUT2D eigenvalue weighted by atomic mass is 10.0. The number of benzene rings is 2. The van der Waals surface area contributed by atoms with Crippen molar-refractivity contribution in [2.24, 2.45) is 0 Å². The second-order valence-electron chi connectivity index (χ2n) is 4.62. The van der Waals surface area contributed by atoms with Crippen LogP contribution in [0.15, 0.2) is 42.5 Å². The van der Waals surface area contributed by atoms with Gasteiger partial charge in [0.2, 0.25) is 0 Å². The fourth-order valence-electron chi connectivity index (χ4n) is 2.17. The van der Waals surface area contributed by atoms with Crippen LogP contribution in [0.25, 0.3) is 0 Å². The Morgan fingerprint density at radius 3 is 2.11 bits per heavy atom. The Labute approximate surface area is 113 Å². The van der Waals surface area contributed by atoms with Gasteiger partial charge >= 0.3 is 0 Å². The molecule has 0 heterocycles. The van der Waals surface area contributed by atoms with Crippen molar-refractivity contribution in [3.05, 3.63) is 64.7 Å². The van der Waals surface area contributed by atoms with Gasteiger partial charge in [0.25, 0.3) is 0 Å². The summed E-state index contributed by atoms with van der Waals surface area (Å²) in [5.74, 6) is 0.739. The molecule has 0 amide bonds. The zero-order chi connectivity index (χ0) is 13.8. The zero-order valence-corrected chi connectivity index (χ0v) is 11.1. The second kappa shape index (κ2) is 5.87. The van der Waals surface area contributed by atoms with E-state index in [1.165, 1.54) is 0 Å². The highest BCUT2D eigenvalue weighted by Crippen LogP contribution is 2.26. The first-order chi connectivity index (χ1) is 9.08. The molecule has 19 heavy (non-hydrogen) atoms. The van der Waals surface area contributed by atoms with E-state index in [0.29, 0.717) is 12.2 Å². The van der Waals surface area contributed by atoms with Gasteiger partial charge in [-0.15, -0.1) is 0 Å². The van der Waals surface area contributed by atoms with Crippen LogP contribution in [0.5, 0.6) is 5.75 Å². The largest absolute Gasteiger partial charge is 0.489 e. The third kappa shape index (κ3) is 3.34. The van der Waals surface area contributed by atoms with Crippen LogP contribution in [0.1, 0.15) is 28.5 Å². The summed E-state index contributed by atoms with van der Waals surface area (Å²) in [5, 5.41) is 18.6. The SMILES string of the molecule is Cc1cc(OCc2ccccc2)cc(C)c1C(O)O. The molecule has 0 saturated carbocycles. The van der Waals surface area contributed by atoms with Crippen LogP contribution >= 0.6 is 0 Å². The summed E-state index contributed by atoms with van der Waals surface area (Å²) in [6.07, 6.45) is -1.44.